The van der Waals surface area contributed by atoms with Crippen LogP contribution in [0.25, 0.3) is 0 Å². The van der Waals surface area contributed by atoms with Gasteiger partial charge in [-0.25, -0.2) is 8.42 Å². The van der Waals surface area contributed by atoms with Crippen molar-refractivity contribution >= 4 is 21.4 Å². The van der Waals surface area contributed by atoms with Gasteiger partial charge in [-0.1, -0.05) is 19.1 Å². The van der Waals surface area contributed by atoms with Gasteiger partial charge in [-0.2, -0.15) is 0 Å². The van der Waals surface area contributed by atoms with Crippen LogP contribution in [0, 0.1) is 0 Å². The number of benzene rings is 1. The minimum atomic E-state index is -3.45. The molecule has 5 nitrogen and oxygen atoms in total. The van der Waals surface area contributed by atoms with Gasteiger partial charge < -0.3 is 5.32 Å². The molecule has 0 atom stereocenters. The normalized spacial score (nSPS) is 11.1. The number of hydrogen-bond acceptors (Lipinski definition) is 4. The number of amides is 1. The predicted octanol–water partition coefficient (Wildman–Crippen LogP) is 2.52. The molecular weight excluding hydrogens is 288 g/mol. The number of aromatic nitrogens is 1. The van der Waals surface area contributed by atoms with Gasteiger partial charge in [0.05, 0.1) is 16.2 Å². The third-order valence-corrected chi connectivity index (χ3v) is 4.85. The van der Waals surface area contributed by atoms with Crippen LogP contribution in [0.1, 0.15) is 23.7 Å². The molecule has 110 valence electrons. The van der Waals surface area contributed by atoms with Crippen molar-refractivity contribution in [3.8, 4) is 0 Å². The van der Waals surface area contributed by atoms with Gasteiger partial charge in [-0.15, -0.1) is 0 Å². The number of nitrogens with one attached hydrogen (secondary N) is 1. The first-order valence-electron chi connectivity index (χ1n) is 6.58. The molecule has 0 fully saturated rings. The average Bonchev–Trinajstić information content (AvgIpc) is 2.48. The van der Waals surface area contributed by atoms with Crippen molar-refractivity contribution in [2.24, 2.45) is 0 Å². The molecule has 0 radical (unpaired) electrons. The van der Waals surface area contributed by atoms with E-state index in [1.165, 1.54) is 12.1 Å². The van der Waals surface area contributed by atoms with Crippen LogP contribution >= 0.6 is 0 Å². The molecule has 0 bridgehead atoms. The third kappa shape index (κ3) is 3.66. The molecule has 0 aliphatic rings. The molecule has 1 heterocycles. The first kappa shape index (κ1) is 15.2. The van der Waals surface area contributed by atoms with E-state index >= 15 is 0 Å². The molecule has 21 heavy (non-hydrogen) atoms. The summed E-state index contributed by atoms with van der Waals surface area (Å²) in [6.45, 7) is 1.79. The summed E-state index contributed by atoms with van der Waals surface area (Å²) < 4.78 is 24.4. The monoisotopic (exact) mass is 304 g/mol. The van der Waals surface area contributed by atoms with Gasteiger partial charge in [-0.05, 0) is 30.7 Å². The van der Waals surface area contributed by atoms with Crippen LogP contribution in [0.3, 0.4) is 0 Å². The zero-order chi connectivity index (χ0) is 15.3. The van der Waals surface area contributed by atoms with Crippen LogP contribution in [0.4, 0.5) is 5.69 Å². The second-order valence-electron chi connectivity index (χ2n) is 4.51. The lowest BCUT2D eigenvalue weighted by Gasteiger charge is -2.10. The molecule has 6 heteroatoms. The second-order valence-corrected chi connectivity index (χ2v) is 6.58. The van der Waals surface area contributed by atoms with Crippen LogP contribution in [0.2, 0.25) is 0 Å². The Morgan fingerprint density at radius 3 is 2.48 bits per heavy atom. The molecule has 0 aliphatic carbocycles. The van der Waals surface area contributed by atoms with Crippen LogP contribution < -0.4 is 5.32 Å². The van der Waals surface area contributed by atoms with E-state index in [4.69, 9.17) is 0 Å². The van der Waals surface area contributed by atoms with E-state index in [1.54, 1.807) is 43.6 Å². The number of anilines is 1. The minimum absolute atomic E-state index is 0.0204. The first-order chi connectivity index (χ1) is 10.0. The van der Waals surface area contributed by atoms with Crippen molar-refractivity contribution in [2.45, 2.75) is 18.2 Å². The van der Waals surface area contributed by atoms with Crippen LogP contribution in [-0.2, 0) is 9.84 Å². The lowest BCUT2D eigenvalue weighted by Crippen LogP contribution is -2.17. The van der Waals surface area contributed by atoms with Crippen molar-refractivity contribution < 1.29 is 13.2 Å². The molecule has 1 N–H and O–H groups in total. The Labute approximate surface area is 124 Å². The Morgan fingerprint density at radius 2 is 1.81 bits per heavy atom. The quantitative estimate of drug-likeness (QED) is 0.921. The third-order valence-electron chi connectivity index (χ3n) is 2.88. The molecule has 0 unspecified atom stereocenters. The van der Waals surface area contributed by atoms with Gasteiger partial charge in [0, 0.05) is 18.1 Å². The molecule has 1 aromatic carbocycles. The van der Waals surface area contributed by atoms with Gasteiger partial charge in [0.15, 0.2) is 9.84 Å². The van der Waals surface area contributed by atoms with Gasteiger partial charge in [0.1, 0.15) is 0 Å². The topological polar surface area (TPSA) is 76.1 Å². The summed E-state index contributed by atoms with van der Waals surface area (Å²) >= 11 is 0. The summed E-state index contributed by atoms with van der Waals surface area (Å²) in [5.74, 6) is -0.427. The van der Waals surface area contributed by atoms with Crippen molar-refractivity contribution in [3.63, 3.8) is 0 Å². The number of hydrogen-bond donors (Lipinski definition) is 1. The van der Waals surface area contributed by atoms with Crippen LogP contribution in [-0.4, -0.2) is 25.1 Å². The molecular formula is C15H16N2O3S. The van der Waals surface area contributed by atoms with Gasteiger partial charge in [0.2, 0.25) is 0 Å². The summed E-state index contributed by atoms with van der Waals surface area (Å²) in [4.78, 5) is 16.2. The standard InChI is InChI=1S/C15H16N2O3S/c1-2-11-21(19,20)14-6-4-3-5-13(14)15(18)17-12-7-9-16-10-8-12/h3-10H,2,11H2,1H3,(H,16,17,18). The number of sulfone groups is 1. The van der Waals surface area contributed by atoms with Gasteiger partial charge >= 0.3 is 0 Å². The fourth-order valence-electron chi connectivity index (χ4n) is 1.94. The van der Waals surface area contributed by atoms with Gasteiger partial charge in [-0.3, -0.25) is 9.78 Å². The minimum Gasteiger partial charge on any atom is -0.322 e. The van der Waals surface area contributed by atoms with E-state index < -0.39 is 15.7 Å². The van der Waals surface area contributed by atoms with E-state index in [9.17, 15) is 13.2 Å². The Balaban J connectivity index is 2.34. The van der Waals surface area contributed by atoms with E-state index in [2.05, 4.69) is 10.3 Å². The Hall–Kier alpha value is -2.21. The predicted molar refractivity (Wildman–Crippen MR) is 81.0 cm³/mol. The SMILES string of the molecule is CCCS(=O)(=O)c1ccccc1C(=O)Nc1ccncc1. The van der Waals surface area contributed by atoms with Crippen molar-refractivity contribution in [3.05, 3.63) is 54.4 Å². The highest BCUT2D eigenvalue weighted by Gasteiger charge is 2.21. The van der Waals surface area contributed by atoms with Gasteiger partial charge in [0.25, 0.3) is 5.91 Å². The number of rotatable bonds is 5. The van der Waals surface area contributed by atoms with Crippen LogP contribution in [0.15, 0.2) is 53.7 Å². The highest BCUT2D eigenvalue weighted by atomic mass is 32.2. The molecule has 2 aromatic rings. The Morgan fingerprint density at radius 1 is 1.14 bits per heavy atom. The molecule has 0 saturated heterocycles. The van der Waals surface area contributed by atoms with E-state index in [0.29, 0.717) is 12.1 Å². The highest BCUT2D eigenvalue weighted by molar-refractivity contribution is 7.91. The second kappa shape index (κ2) is 6.49. The Bertz CT molecular complexity index is 728. The fourth-order valence-corrected chi connectivity index (χ4v) is 3.48. The van der Waals surface area contributed by atoms with E-state index in [0.717, 1.165) is 0 Å². The zero-order valence-corrected chi connectivity index (χ0v) is 12.4. The maximum atomic E-state index is 12.3. The maximum absolute atomic E-state index is 12.3. The summed E-state index contributed by atoms with van der Waals surface area (Å²) in [6, 6.07) is 9.52. The van der Waals surface area contributed by atoms with E-state index in [-0.39, 0.29) is 16.2 Å². The first-order valence-corrected chi connectivity index (χ1v) is 8.23. The molecule has 0 spiro atoms. The maximum Gasteiger partial charge on any atom is 0.256 e. The lowest BCUT2D eigenvalue weighted by molar-refractivity contribution is 0.102. The number of nitrogens with zero attached hydrogens (tertiary/aromatic N) is 1. The molecule has 1 aromatic heterocycles. The number of carbonyl (C=O) groups is 1. The molecule has 1 amide bonds. The smallest absolute Gasteiger partial charge is 0.256 e. The zero-order valence-electron chi connectivity index (χ0n) is 11.6. The molecule has 0 saturated carbocycles. The average molecular weight is 304 g/mol. The van der Waals surface area contributed by atoms with E-state index in [1.807, 2.05) is 0 Å². The fraction of sp³-hybridized carbons (Fsp3) is 0.200. The number of carbonyl (C=O) groups excluding carboxylic acids is 1. The summed E-state index contributed by atoms with van der Waals surface area (Å²) in [6.07, 6.45) is 3.60. The largest absolute Gasteiger partial charge is 0.322 e. The number of pyridine rings is 1. The summed E-state index contributed by atoms with van der Waals surface area (Å²) in [7, 11) is -3.45. The summed E-state index contributed by atoms with van der Waals surface area (Å²) in [5.41, 5.74) is 0.723. The molecule has 2 rings (SSSR count). The lowest BCUT2D eigenvalue weighted by atomic mass is 10.2. The van der Waals surface area contributed by atoms with Crippen molar-refractivity contribution in [1.82, 2.24) is 4.98 Å². The molecule has 0 aliphatic heterocycles. The Kier molecular flexibility index (Phi) is 4.70. The van der Waals surface area contributed by atoms with Crippen LogP contribution in [0.5, 0.6) is 0 Å². The van der Waals surface area contributed by atoms with Crippen molar-refractivity contribution in [2.75, 3.05) is 11.1 Å². The van der Waals surface area contributed by atoms with Crippen molar-refractivity contribution in [1.29, 1.82) is 0 Å². The summed E-state index contributed by atoms with van der Waals surface area (Å²) in [5, 5.41) is 2.67. The highest BCUT2D eigenvalue weighted by Crippen LogP contribution is 2.19.